The highest BCUT2D eigenvalue weighted by Crippen LogP contribution is 2.42. The van der Waals surface area contributed by atoms with E-state index in [1.165, 1.54) is 0 Å². The van der Waals surface area contributed by atoms with E-state index in [9.17, 15) is 4.79 Å². The van der Waals surface area contributed by atoms with Gasteiger partial charge in [0, 0.05) is 33.2 Å². The Balaban J connectivity index is 3.20. The molecule has 1 fully saturated rings. The van der Waals surface area contributed by atoms with Crippen LogP contribution in [0.2, 0.25) is 36.3 Å². The zero-order valence-corrected chi connectivity index (χ0v) is 26.3. The van der Waals surface area contributed by atoms with Crippen molar-refractivity contribution in [1.82, 2.24) is 0 Å². The molecule has 6 nitrogen and oxygen atoms in total. The number of rotatable bonds is 13. The van der Waals surface area contributed by atoms with Crippen molar-refractivity contribution in [2.45, 2.75) is 129 Å². The minimum absolute atomic E-state index is 0.0362. The fourth-order valence-electron chi connectivity index (χ4n) is 3.97. The molecule has 202 valence electrons. The first-order chi connectivity index (χ1) is 15.4. The largest absolute Gasteiger partial charge is 0.417 e. The van der Waals surface area contributed by atoms with E-state index in [1.807, 2.05) is 6.92 Å². The van der Waals surface area contributed by atoms with Crippen molar-refractivity contribution < 1.29 is 27.9 Å². The Morgan fingerprint density at radius 3 is 2.00 bits per heavy atom. The molecule has 0 radical (unpaired) electrons. The summed E-state index contributed by atoms with van der Waals surface area (Å²) in [6.45, 7) is 25.3. The molecule has 0 aromatic carbocycles. The summed E-state index contributed by atoms with van der Waals surface area (Å²) in [6.07, 6.45) is 2.36. The molecule has 34 heavy (non-hydrogen) atoms. The molecule has 0 saturated carbocycles. The summed E-state index contributed by atoms with van der Waals surface area (Å²) in [5.41, 5.74) is 0. The minimum Gasteiger partial charge on any atom is -0.417 e. The van der Waals surface area contributed by atoms with Gasteiger partial charge in [-0.1, -0.05) is 48.5 Å². The maximum Gasteiger partial charge on any atom is 0.192 e. The molecule has 0 aliphatic carbocycles. The van der Waals surface area contributed by atoms with E-state index in [0.29, 0.717) is 6.61 Å². The molecular weight excluding hydrogens is 464 g/mol. The summed E-state index contributed by atoms with van der Waals surface area (Å²) in [7, 11) is -0.546. The van der Waals surface area contributed by atoms with Crippen molar-refractivity contribution >= 4 is 22.9 Å². The second kappa shape index (κ2) is 12.4. The normalized spacial score (nSPS) is 25.3. The van der Waals surface area contributed by atoms with Crippen LogP contribution in [-0.4, -0.2) is 68.3 Å². The third kappa shape index (κ3) is 8.49. The number of hydrogen-bond acceptors (Lipinski definition) is 6. The molecule has 1 aliphatic rings. The lowest BCUT2D eigenvalue weighted by Crippen LogP contribution is -2.52. The van der Waals surface area contributed by atoms with Crippen molar-refractivity contribution in [3.63, 3.8) is 0 Å². The van der Waals surface area contributed by atoms with Crippen LogP contribution in [0.4, 0.5) is 0 Å². The van der Waals surface area contributed by atoms with E-state index in [4.69, 9.17) is 23.1 Å². The van der Waals surface area contributed by atoms with Gasteiger partial charge in [0.05, 0.1) is 12.2 Å². The quantitative estimate of drug-likeness (QED) is 0.207. The lowest BCUT2D eigenvalue weighted by molar-refractivity contribution is -0.165. The Hall–Kier alpha value is -0.0962. The van der Waals surface area contributed by atoms with Crippen LogP contribution in [0.5, 0.6) is 0 Å². The monoisotopic (exact) mass is 518 g/mol. The van der Waals surface area contributed by atoms with Crippen LogP contribution < -0.4 is 0 Å². The second-order valence-corrected chi connectivity index (χ2v) is 22.7. The smallest absolute Gasteiger partial charge is 0.192 e. The van der Waals surface area contributed by atoms with Crippen LogP contribution in [-0.2, 0) is 27.9 Å². The van der Waals surface area contributed by atoms with Gasteiger partial charge in [0.1, 0.15) is 12.4 Å². The van der Waals surface area contributed by atoms with Crippen LogP contribution >= 0.6 is 0 Å². The van der Waals surface area contributed by atoms with E-state index in [2.05, 4.69) is 67.7 Å². The summed E-state index contributed by atoms with van der Waals surface area (Å²) in [4.78, 5) is 11.4. The van der Waals surface area contributed by atoms with Crippen LogP contribution in [0.15, 0.2) is 0 Å². The van der Waals surface area contributed by atoms with Crippen LogP contribution in [0.1, 0.15) is 67.7 Å². The van der Waals surface area contributed by atoms with Crippen LogP contribution in [0.3, 0.4) is 0 Å². The maximum atomic E-state index is 11.4. The van der Waals surface area contributed by atoms with Gasteiger partial charge in [-0.2, -0.15) is 0 Å². The highest BCUT2D eigenvalue weighted by molar-refractivity contribution is 6.74. The van der Waals surface area contributed by atoms with Gasteiger partial charge in [-0.05, 0) is 55.0 Å². The Morgan fingerprint density at radius 2 is 1.56 bits per heavy atom. The zero-order chi connectivity index (χ0) is 26.5. The Bertz CT molecular complexity index is 626. The number of hydrogen-bond donors (Lipinski definition) is 0. The maximum absolute atomic E-state index is 11.4. The van der Waals surface area contributed by atoms with Gasteiger partial charge < -0.3 is 27.9 Å². The first-order valence-corrected chi connectivity index (χ1v) is 18.7. The topological polar surface area (TPSA) is 63.2 Å². The van der Waals surface area contributed by atoms with Crippen LogP contribution in [0.25, 0.3) is 0 Å². The third-order valence-electron chi connectivity index (χ3n) is 8.32. The predicted molar refractivity (Wildman–Crippen MR) is 144 cm³/mol. The van der Waals surface area contributed by atoms with Gasteiger partial charge in [-0.25, -0.2) is 0 Å². The van der Waals surface area contributed by atoms with Crippen molar-refractivity contribution in [2.24, 2.45) is 11.8 Å². The Morgan fingerprint density at radius 1 is 1.00 bits per heavy atom. The van der Waals surface area contributed by atoms with E-state index in [-0.39, 0.29) is 46.5 Å². The number of ether oxygens (including phenoxy) is 3. The average molecular weight is 519 g/mol. The van der Waals surface area contributed by atoms with Gasteiger partial charge in [0.25, 0.3) is 0 Å². The van der Waals surface area contributed by atoms with E-state index in [1.54, 1.807) is 14.2 Å². The molecule has 0 spiro atoms. The Labute approximate surface area is 212 Å². The number of carbonyl (C=O) groups excluding carboxylic acids is 1. The molecule has 0 N–H and O–H groups in total. The fraction of sp³-hybridized carbons (Fsp3) is 0.962. The molecule has 0 aromatic rings. The molecular formula is C26H54O6Si2. The van der Waals surface area contributed by atoms with Gasteiger partial charge in [-0.15, -0.1) is 0 Å². The van der Waals surface area contributed by atoms with Gasteiger partial charge in [-0.3, -0.25) is 0 Å². The standard InChI is InChI=1S/C26H54O6Si2/c1-19(18-27)16-20-17-22(28-8)31-23(20)24(29-9)21(32-34(12,13)26(5,6)7)14-15-30-33(10,11)25(2,3)4/h18-24H,14-17H2,1-13H3/t19-,20+,21+,22?,23-,24-/m0/s1. The minimum atomic E-state index is -2.08. The summed E-state index contributed by atoms with van der Waals surface area (Å²) >= 11 is 0. The molecule has 0 bridgehead atoms. The van der Waals surface area contributed by atoms with E-state index >= 15 is 0 Å². The molecule has 1 heterocycles. The molecule has 8 heteroatoms. The predicted octanol–water partition coefficient (Wildman–Crippen LogP) is 6.41. The summed E-state index contributed by atoms with van der Waals surface area (Å²) in [5, 5.41) is 0.223. The highest BCUT2D eigenvalue weighted by Gasteiger charge is 2.47. The van der Waals surface area contributed by atoms with Gasteiger partial charge in [0.15, 0.2) is 22.9 Å². The van der Waals surface area contributed by atoms with Crippen molar-refractivity contribution in [3.05, 3.63) is 0 Å². The first kappa shape index (κ1) is 31.9. The second-order valence-electron chi connectivity index (χ2n) is 13.1. The number of aldehydes is 1. The van der Waals surface area contributed by atoms with Crippen molar-refractivity contribution in [3.8, 4) is 0 Å². The van der Waals surface area contributed by atoms with E-state index < -0.39 is 16.6 Å². The number of carbonyl (C=O) groups is 1. The summed E-state index contributed by atoms with van der Waals surface area (Å²) in [5.74, 6) is 0.132. The molecule has 0 amide bonds. The Kier molecular flexibility index (Phi) is 11.7. The lowest BCUT2D eigenvalue weighted by Gasteiger charge is -2.43. The highest BCUT2D eigenvalue weighted by atomic mass is 28.4. The molecule has 6 atom stereocenters. The molecule has 1 saturated heterocycles. The van der Waals surface area contributed by atoms with E-state index in [0.717, 1.165) is 25.5 Å². The number of methoxy groups -OCH3 is 2. The van der Waals surface area contributed by atoms with Crippen molar-refractivity contribution in [1.29, 1.82) is 0 Å². The molecule has 1 aliphatic heterocycles. The lowest BCUT2D eigenvalue weighted by atomic mass is 9.86. The molecule has 1 rings (SSSR count). The molecule has 1 unspecified atom stereocenters. The molecule has 0 aromatic heterocycles. The summed E-state index contributed by atoms with van der Waals surface area (Å²) < 4.78 is 31.5. The van der Waals surface area contributed by atoms with Crippen molar-refractivity contribution in [2.75, 3.05) is 20.8 Å². The zero-order valence-electron chi connectivity index (χ0n) is 24.3. The third-order valence-corrected chi connectivity index (χ3v) is 17.4. The summed E-state index contributed by atoms with van der Waals surface area (Å²) in [6, 6.07) is 0. The van der Waals surface area contributed by atoms with Gasteiger partial charge in [0.2, 0.25) is 0 Å². The van der Waals surface area contributed by atoms with Crippen LogP contribution in [0, 0.1) is 11.8 Å². The van der Waals surface area contributed by atoms with Gasteiger partial charge >= 0.3 is 0 Å². The SMILES string of the molecule is COC1C[C@@H](C[C@H](C)C=O)[C@@H]([C@@H](OC)[C@@H](CCO[Si](C)(C)C(C)(C)C)O[Si](C)(C)C(C)(C)C)O1. The average Bonchev–Trinajstić information content (AvgIpc) is 3.08. The fourth-order valence-corrected chi connectivity index (χ4v) is 6.40. The first-order valence-electron chi connectivity index (χ1n) is 12.9.